The molecule has 0 fully saturated rings. The molecule has 0 heterocycles. The third-order valence-corrected chi connectivity index (χ3v) is 4.82. The summed E-state index contributed by atoms with van der Waals surface area (Å²) in [5.41, 5.74) is 0.496. The first-order chi connectivity index (χ1) is 12.0. The fourth-order valence-corrected chi connectivity index (χ4v) is 3.28. The average Bonchev–Trinajstić information content (AvgIpc) is 2.60. The number of halogens is 2. The van der Waals surface area contributed by atoms with Crippen molar-refractivity contribution >= 4 is 27.1 Å². The fourth-order valence-electron chi connectivity index (χ4n) is 2.20. The van der Waals surface area contributed by atoms with E-state index >= 15 is 0 Å². The van der Waals surface area contributed by atoms with Gasteiger partial charge in [0.1, 0.15) is 17.3 Å². The number of hydrogen-bond acceptors (Lipinski definition) is 3. The minimum Gasteiger partial charge on any atom is -0.351 e. The molecule has 0 unspecified atom stereocenters. The molecule has 0 amide bonds. The summed E-state index contributed by atoms with van der Waals surface area (Å²) in [6.45, 7) is 0. The molecule has 0 saturated carbocycles. The largest absolute Gasteiger partial charge is 0.351 e. The monoisotopic (exact) mass is 360 g/mol. The summed E-state index contributed by atoms with van der Waals surface area (Å²) in [6, 6.07) is 17.6. The van der Waals surface area contributed by atoms with E-state index in [1.807, 2.05) is 0 Å². The minimum absolute atomic E-state index is 0.144. The summed E-state index contributed by atoms with van der Waals surface area (Å²) in [5.74, 6) is -1.43. The first-order valence-electron chi connectivity index (χ1n) is 7.35. The van der Waals surface area contributed by atoms with Crippen LogP contribution in [0, 0.1) is 11.6 Å². The van der Waals surface area contributed by atoms with Gasteiger partial charge in [0.05, 0.1) is 4.90 Å². The second kappa shape index (κ2) is 6.90. The molecule has 0 aliphatic carbocycles. The fraction of sp³-hybridized carbons (Fsp3) is 0. The number of anilines is 3. The van der Waals surface area contributed by atoms with Crippen LogP contribution in [0.3, 0.4) is 0 Å². The second-order valence-corrected chi connectivity index (χ2v) is 6.90. The standard InChI is InChI=1S/C18H14F2N2O2S/c19-16-7-4-8-17(20)18(16)21-13-9-11-14(12-10-13)22-25(23,24)15-5-2-1-3-6-15/h1-12,21-22H. The van der Waals surface area contributed by atoms with Gasteiger partial charge in [-0.2, -0.15) is 0 Å². The van der Waals surface area contributed by atoms with Crippen LogP contribution in [0.1, 0.15) is 0 Å². The normalized spacial score (nSPS) is 11.1. The summed E-state index contributed by atoms with van der Waals surface area (Å²) >= 11 is 0. The molecule has 0 spiro atoms. The van der Waals surface area contributed by atoms with Gasteiger partial charge in [0.15, 0.2) is 0 Å². The molecule has 3 aromatic rings. The first kappa shape index (κ1) is 16.9. The lowest BCUT2D eigenvalue weighted by Gasteiger charge is -2.11. The highest BCUT2D eigenvalue weighted by Gasteiger charge is 2.13. The zero-order chi connectivity index (χ0) is 17.9. The highest BCUT2D eigenvalue weighted by Crippen LogP contribution is 2.24. The van der Waals surface area contributed by atoms with Crippen molar-refractivity contribution in [1.29, 1.82) is 0 Å². The van der Waals surface area contributed by atoms with Gasteiger partial charge in [0.2, 0.25) is 0 Å². The third-order valence-electron chi connectivity index (χ3n) is 3.42. The van der Waals surface area contributed by atoms with Crippen LogP contribution in [-0.4, -0.2) is 8.42 Å². The zero-order valence-electron chi connectivity index (χ0n) is 12.9. The molecule has 0 aliphatic heterocycles. The van der Waals surface area contributed by atoms with Gasteiger partial charge >= 0.3 is 0 Å². The summed E-state index contributed by atoms with van der Waals surface area (Å²) in [5, 5.41) is 2.63. The van der Waals surface area contributed by atoms with E-state index in [0.717, 1.165) is 12.1 Å². The summed E-state index contributed by atoms with van der Waals surface area (Å²) in [6.07, 6.45) is 0. The summed E-state index contributed by atoms with van der Waals surface area (Å²) in [7, 11) is -3.69. The lowest BCUT2D eigenvalue weighted by atomic mass is 10.2. The molecule has 3 aromatic carbocycles. The molecule has 0 bridgehead atoms. The molecular formula is C18H14F2N2O2S. The Balaban J connectivity index is 1.77. The lowest BCUT2D eigenvalue weighted by molar-refractivity contribution is 0.590. The van der Waals surface area contributed by atoms with Gasteiger partial charge in [-0.3, -0.25) is 4.72 Å². The highest BCUT2D eigenvalue weighted by atomic mass is 32.2. The van der Waals surface area contributed by atoms with Gasteiger partial charge in [-0.05, 0) is 48.5 Å². The molecular weight excluding hydrogens is 346 g/mol. The van der Waals surface area contributed by atoms with Crippen molar-refractivity contribution in [3.63, 3.8) is 0 Å². The number of para-hydroxylation sites is 1. The first-order valence-corrected chi connectivity index (χ1v) is 8.83. The quantitative estimate of drug-likeness (QED) is 0.704. The van der Waals surface area contributed by atoms with Gasteiger partial charge in [0.25, 0.3) is 10.0 Å². The molecule has 0 aromatic heterocycles. The Kier molecular flexibility index (Phi) is 4.67. The van der Waals surface area contributed by atoms with Crippen LogP contribution in [0.5, 0.6) is 0 Å². The molecule has 3 rings (SSSR count). The Morgan fingerprint density at radius 2 is 1.24 bits per heavy atom. The second-order valence-electron chi connectivity index (χ2n) is 5.22. The Hall–Kier alpha value is -2.93. The molecule has 25 heavy (non-hydrogen) atoms. The van der Waals surface area contributed by atoms with Crippen molar-refractivity contribution in [3.8, 4) is 0 Å². The smallest absolute Gasteiger partial charge is 0.261 e. The van der Waals surface area contributed by atoms with Crippen molar-refractivity contribution < 1.29 is 17.2 Å². The number of sulfonamides is 1. The maximum absolute atomic E-state index is 13.6. The Bertz CT molecular complexity index is 955. The van der Waals surface area contributed by atoms with Gasteiger partial charge in [-0.1, -0.05) is 24.3 Å². The predicted molar refractivity (Wildman–Crippen MR) is 93.3 cm³/mol. The van der Waals surface area contributed by atoms with E-state index in [4.69, 9.17) is 0 Å². The van der Waals surface area contributed by atoms with Crippen molar-refractivity contribution in [2.24, 2.45) is 0 Å². The lowest BCUT2D eigenvalue weighted by Crippen LogP contribution is -2.12. The SMILES string of the molecule is O=S(=O)(Nc1ccc(Nc2c(F)cccc2F)cc1)c1ccccc1. The Morgan fingerprint density at radius 3 is 1.84 bits per heavy atom. The third kappa shape index (κ3) is 3.95. The van der Waals surface area contributed by atoms with E-state index in [2.05, 4.69) is 10.0 Å². The molecule has 4 nitrogen and oxygen atoms in total. The minimum atomic E-state index is -3.69. The summed E-state index contributed by atoms with van der Waals surface area (Å²) < 4.78 is 54.2. The van der Waals surface area contributed by atoms with Crippen LogP contribution in [-0.2, 0) is 10.0 Å². The maximum Gasteiger partial charge on any atom is 0.261 e. The van der Waals surface area contributed by atoms with Crippen molar-refractivity contribution in [3.05, 3.63) is 84.4 Å². The van der Waals surface area contributed by atoms with E-state index in [1.54, 1.807) is 18.2 Å². The van der Waals surface area contributed by atoms with Crippen LogP contribution in [0.4, 0.5) is 25.8 Å². The molecule has 128 valence electrons. The van der Waals surface area contributed by atoms with Crippen LogP contribution in [0.15, 0.2) is 77.7 Å². The number of rotatable bonds is 5. The number of hydrogen-bond donors (Lipinski definition) is 2. The van der Waals surface area contributed by atoms with Gasteiger partial charge < -0.3 is 5.32 Å². The van der Waals surface area contributed by atoms with Crippen LogP contribution >= 0.6 is 0 Å². The molecule has 0 radical (unpaired) electrons. The van der Waals surface area contributed by atoms with Gasteiger partial charge in [-0.15, -0.1) is 0 Å². The Morgan fingerprint density at radius 1 is 0.680 bits per heavy atom. The van der Waals surface area contributed by atoms with Gasteiger partial charge in [0, 0.05) is 11.4 Å². The predicted octanol–water partition coefficient (Wildman–Crippen LogP) is 4.51. The van der Waals surface area contributed by atoms with E-state index in [-0.39, 0.29) is 10.6 Å². The van der Waals surface area contributed by atoms with Crippen molar-refractivity contribution in [2.45, 2.75) is 4.90 Å². The Labute approximate surface area is 144 Å². The van der Waals surface area contributed by atoms with E-state index < -0.39 is 21.7 Å². The molecule has 0 atom stereocenters. The number of nitrogens with one attached hydrogen (secondary N) is 2. The average molecular weight is 360 g/mol. The highest BCUT2D eigenvalue weighted by molar-refractivity contribution is 7.92. The van der Waals surface area contributed by atoms with Crippen LogP contribution in [0.25, 0.3) is 0 Å². The van der Waals surface area contributed by atoms with E-state index in [9.17, 15) is 17.2 Å². The topological polar surface area (TPSA) is 58.2 Å². The molecule has 2 N–H and O–H groups in total. The van der Waals surface area contributed by atoms with E-state index in [0.29, 0.717) is 11.4 Å². The van der Waals surface area contributed by atoms with Crippen molar-refractivity contribution in [1.82, 2.24) is 0 Å². The molecule has 7 heteroatoms. The molecule has 0 aliphatic rings. The zero-order valence-corrected chi connectivity index (χ0v) is 13.7. The van der Waals surface area contributed by atoms with Crippen LogP contribution < -0.4 is 10.0 Å². The van der Waals surface area contributed by atoms with Gasteiger partial charge in [-0.25, -0.2) is 17.2 Å². The molecule has 0 saturated heterocycles. The van der Waals surface area contributed by atoms with Crippen molar-refractivity contribution in [2.75, 3.05) is 10.0 Å². The number of benzene rings is 3. The van der Waals surface area contributed by atoms with E-state index in [1.165, 1.54) is 42.5 Å². The maximum atomic E-state index is 13.6. The van der Waals surface area contributed by atoms with Crippen LogP contribution in [0.2, 0.25) is 0 Å². The summed E-state index contributed by atoms with van der Waals surface area (Å²) in [4.78, 5) is 0.144.